The second-order valence-electron chi connectivity index (χ2n) is 7.35. The van der Waals surface area contributed by atoms with E-state index in [-0.39, 0.29) is 5.41 Å². The molecule has 0 radical (unpaired) electrons. The highest BCUT2D eigenvalue weighted by Crippen LogP contribution is 2.47. The first-order valence-corrected chi connectivity index (χ1v) is 15.6. The Morgan fingerprint density at radius 1 is 0.613 bits per heavy atom. The summed E-state index contributed by atoms with van der Waals surface area (Å²) in [5.41, 5.74) is 1.96. The van der Waals surface area contributed by atoms with Gasteiger partial charge in [0.15, 0.2) is 11.5 Å². The van der Waals surface area contributed by atoms with Gasteiger partial charge >= 0.3 is 0 Å². The summed E-state index contributed by atoms with van der Waals surface area (Å²) in [5.74, 6) is 1.46. The van der Waals surface area contributed by atoms with Gasteiger partial charge < -0.3 is 9.47 Å². The quantitative estimate of drug-likeness (QED) is 0.246. The lowest BCUT2D eigenvalue weighted by molar-refractivity contribution is 0.262. The van der Waals surface area contributed by atoms with Crippen LogP contribution >= 0.6 is 127 Å². The molecule has 0 atom stereocenters. The van der Waals surface area contributed by atoms with Crippen molar-refractivity contribution in [1.82, 2.24) is 0 Å². The molecule has 2 aromatic rings. The van der Waals surface area contributed by atoms with Gasteiger partial charge in [0.1, 0.15) is 0 Å². The number of hydrogen-bond acceptors (Lipinski definition) is 2. The minimum atomic E-state index is -0.619. The third-order valence-electron chi connectivity index (χ3n) is 4.77. The number of halogens is 8. The molecule has 0 aliphatic rings. The molecule has 10 heteroatoms. The topological polar surface area (TPSA) is 18.5 Å². The summed E-state index contributed by atoms with van der Waals surface area (Å²) in [6.45, 7) is 8.43. The van der Waals surface area contributed by atoms with Gasteiger partial charge in [-0.05, 0) is 163 Å². The number of rotatable bonds is 8. The van der Waals surface area contributed by atoms with Crippen LogP contribution in [0.2, 0.25) is 0 Å². The maximum absolute atomic E-state index is 6.10. The van der Waals surface area contributed by atoms with Crippen molar-refractivity contribution in [3.63, 3.8) is 0 Å². The van der Waals surface area contributed by atoms with Crippen LogP contribution in [-0.4, -0.2) is 6.84 Å². The summed E-state index contributed by atoms with van der Waals surface area (Å²) in [6.07, 6.45) is 1.50. The summed E-state index contributed by atoms with van der Waals surface area (Å²) in [7, 11) is 0. The van der Waals surface area contributed by atoms with Crippen LogP contribution in [0.15, 0.2) is 42.2 Å². The summed E-state index contributed by atoms with van der Waals surface area (Å²) in [5, 5.41) is 0. The van der Waals surface area contributed by atoms with Crippen LogP contribution in [0.5, 0.6) is 11.5 Å². The Bertz CT molecular complexity index is 835. The smallest absolute Gasteiger partial charge is 0.217 e. The van der Waals surface area contributed by atoms with Crippen LogP contribution in [-0.2, 0) is 5.41 Å². The Morgan fingerprint density at radius 3 is 1.10 bits per heavy atom. The van der Waals surface area contributed by atoms with Crippen LogP contribution in [0.4, 0.5) is 0 Å². The van der Waals surface area contributed by atoms with E-state index >= 15 is 0 Å². The van der Waals surface area contributed by atoms with Crippen molar-refractivity contribution in [3.05, 3.63) is 53.3 Å². The predicted octanol–water partition coefficient (Wildman–Crippen LogP) is 11.5. The Labute approximate surface area is 251 Å². The van der Waals surface area contributed by atoms with Crippen molar-refractivity contribution in [2.24, 2.45) is 0 Å². The maximum Gasteiger partial charge on any atom is 0.217 e. The van der Waals surface area contributed by atoms with E-state index in [9.17, 15) is 0 Å². The molecule has 0 aliphatic carbocycles. The van der Waals surface area contributed by atoms with Crippen LogP contribution in [0.1, 0.15) is 51.7 Å². The van der Waals surface area contributed by atoms with Crippen LogP contribution in [0, 0.1) is 0 Å². The lowest BCUT2D eigenvalue weighted by Gasteiger charge is -2.30. The minimum absolute atomic E-state index is 0.289. The fourth-order valence-corrected chi connectivity index (χ4v) is 5.99. The fraction of sp³-hybridized carbons (Fsp3) is 0.429. The number of ether oxygens (including phenoxy) is 2. The molecule has 0 aromatic heterocycles. The van der Waals surface area contributed by atoms with E-state index in [0.717, 1.165) is 53.4 Å². The molecule has 2 aromatic carbocycles. The first-order chi connectivity index (χ1) is 14.1. The SMILES string of the molecule is CCC(Br)(Br)Oc1c(Br)cc(C(C)(C)c2cc(Br)c(OC(Br)(Br)CC)c(Br)c2)cc1Br. The first-order valence-electron chi connectivity index (χ1n) is 9.26. The molecule has 0 N–H and O–H groups in total. The second kappa shape index (κ2) is 11.3. The van der Waals surface area contributed by atoms with Gasteiger partial charge in [-0.1, -0.05) is 27.7 Å². The van der Waals surface area contributed by atoms with E-state index in [4.69, 9.17) is 9.47 Å². The molecule has 0 spiro atoms. The normalized spacial score (nSPS) is 12.8. The molecule has 0 amide bonds. The zero-order valence-electron chi connectivity index (χ0n) is 17.1. The van der Waals surface area contributed by atoms with E-state index in [1.165, 1.54) is 0 Å². The Morgan fingerprint density at radius 2 is 0.871 bits per heavy atom. The van der Waals surface area contributed by atoms with E-state index in [0.29, 0.717) is 0 Å². The third-order valence-corrected chi connectivity index (χ3v) is 10.0. The van der Waals surface area contributed by atoms with Gasteiger partial charge in [-0.15, -0.1) is 0 Å². The van der Waals surface area contributed by atoms with Gasteiger partial charge in [-0.3, -0.25) is 0 Å². The molecule has 0 bridgehead atoms. The molecule has 0 unspecified atom stereocenters. The van der Waals surface area contributed by atoms with E-state index in [1.54, 1.807) is 0 Å². The molecule has 0 fully saturated rings. The summed E-state index contributed by atoms with van der Waals surface area (Å²) >= 11 is 28.9. The van der Waals surface area contributed by atoms with Gasteiger partial charge in [0.2, 0.25) is 6.84 Å². The van der Waals surface area contributed by atoms with E-state index < -0.39 is 6.84 Å². The fourth-order valence-electron chi connectivity index (χ4n) is 2.65. The first kappa shape index (κ1) is 29.1. The average molecular weight is 944 g/mol. The second-order valence-corrected chi connectivity index (χ2v) is 18.0. The average Bonchev–Trinajstić information content (AvgIpc) is 2.67. The van der Waals surface area contributed by atoms with E-state index in [1.807, 2.05) is 13.8 Å². The van der Waals surface area contributed by atoms with E-state index in [2.05, 4.69) is 166 Å². The van der Waals surface area contributed by atoms with Gasteiger partial charge in [0.25, 0.3) is 0 Å². The van der Waals surface area contributed by atoms with Crippen LogP contribution in [0.3, 0.4) is 0 Å². The molecule has 2 rings (SSSR count). The molecule has 172 valence electrons. The third kappa shape index (κ3) is 7.43. The molecule has 2 nitrogen and oxygen atoms in total. The van der Waals surface area contributed by atoms with Crippen LogP contribution in [0.25, 0.3) is 0 Å². The van der Waals surface area contributed by atoms with Crippen molar-refractivity contribution in [1.29, 1.82) is 0 Å². The molecule has 0 saturated heterocycles. The van der Waals surface area contributed by atoms with Crippen molar-refractivity contribution >= 4 is 127 Å². The summed E-state index contributed by atoms with van der Waals surface area (Å²) in [4.78, 5) is 0. The van der Waals surface area contributed by atoms with Crippen molar-refractivity contribution in [3.8, 4) is 11.5 Å². The van der Waals surface area contributed by atoms with Gasteiger partial charge in [-0.25, -0.2) is 0 Å². The molecule has 0 heterocycles. The Kier molecular flexibility index (Phi) is 10.6. The standard InChI is InChI=1S/C21H20Br8O2/c1-5-20(26,27)30-17-13(22)7-11(8-14(17)23)19(3,4)12-9-15(24)18(16(25)10-12)31-21(28,29)6-2/h7-10H,5-6H2,1-4H3. The Balaban J connectivity index is 2.48. The predicted molar refractivity (Wildman–Crippen MR) is 159 cm³/mol. The zero-order chi connectivity index (χ0) is 23.8. The zero-order valence-corrected chi connectivity index (χ0v) is 29.8. The minimum Gasteiger partial charge on any atom is -0.464 e. The van der Waals surface area contributed by atoms with Gasteiger partial charge in [0, 0.05) is 18.3 Å². The largest absolute Gasteiger partial charge is 0.464 e. The van der Waals surface area contributed by atoms with Crippen molar-refractivity contribution in [2.75, 3.05) is 0 Å². The maximum atomic E-state index is 6.10. The van der Waals surface area contributed by atoms with Crippen molar-refractivity contribution < 1.29 is 9.47 Å². The van der Waals surface area contributed by atoms with Gasteiger partial charge in [-0.2, -0.15) is 0 Å². The van der Waals surface area contributed by atoms with Crippen molar-refractivity contribution in [2.45, 2.75) is 52.8 Å². The lowest BCUT2D eigenvalue weighted by Crippen LogP contribution is -2.22. The monoisotopic (exact) mass is 935 g/mol. The number of benzene rings is 2. The highest BCUT2D eigenvalue weighted by molar-refractivity contribution is 9.25. The highest BCUT2D eigenvalue weighted by atomic mass is 79.9. The number of alkyl halides is 4. The molecular weight excluding hydrogens is 923 g/mol. The summed E-state index contributed by atoms with van der Waals surface area (Å²) in [6, 6.07) is 8.38. The number of hydrogen-bond donors (Lipinski definition) is 0. The Hall–Kier alpha value is 1.88. The molecule has 0 saturated carbocycles. The molecule has 0 aliphatic heterocycles. The lowest BCUT2D eigenvalue weighted by atomic mass is 9.78. The molecule has 31 heavy (non-hydrogen) atoms. The highest BCUT2D eigenvalue weighted by Gasteiger charge is 2.31. The summed E-state index contributed by atoms with van der Waals surface area (Å²) < 4.78 is 14.4. The van der Waals surface area contributed by atoms with Gasteiger partial charge in [0.05, 0.1) is 17.9 Å². The van der Waals surface area contributed by atoms with Crippen LogP contribution < -0.4 is 9.47 Å². The molecular formula is C21H20Br8O2.